The predicted octanol–water partition coefficient (Wildman–Crippen LogP) is 4.46. The molecule has 0 amide bonds. The molecular formula is C9H4ClF7N2. The topological polar surface area (TPSA) is 24.4 Å². The van der Waals surface area contributed by atoms with Crippen molar-refractivity contribution in [2.24, 2.45) is 5.10 Å². The Balaban J connectivity index is 3.02. The lowest BCUT2D eigenvalue weighted by molar-refractivity contribution is -0.137. The summed E-state index contributed by atoms with van der Waals surface area (Å²) in [6.45, 7) is 0. The Bertz CT molecular complexity index is 469. The van der Waals surface area contributed by atoms with Crippen molar-refractivity contribution in [3.63, 3.8) is 0 Å². The molecule has 0 heterocycles. The molecule has 1 rings (SSSR count). The van der Waals surface area contributed by atoms with Crippen molar-refractivity contribution in [3.05, 3.63) is 28.5 Å². The molecule has 0 fully saturated rings. The van der Waals surface area contributed by atoms with E-state index in [0.29, 0.717) is 6.07 Å². The highest BCUT2D eigenvalue weighted by Gasteiger charge is 2.32. The molecule has 0 aliphatic heterocycles. The molecule has 0 atom stereocenters. The van der Waals surface area contributed by atoms with Crippen LogP contribution >= 0.6 is 11.6 Å². The summed E-state index contributed by atoms with van der Waals surface area (Å²) in [5.41, 5.74) is -0.551. The molecule has 1 aromatic carbocycles. The van der Waals surface area contributed by atoms with E-state index < -0.39 is 40.7 Å². The van der Waals surface area contributed by atoms with Crippen LogP contribution < -0.4 is 5.43 Å². The summed E-state index contributed by atoms with van der Waals surface area (Å²) < 4.78 is 85.2. The van der Waals surface area contributed by atoms with Crippen molar-refractivity contribution >= 4 is 23.5 Å². The summed E-state index contributed by atoms with van der Waals surface area (Å²) in [5.74, 6) is -1.47. The maximum absolute atomic E-state index is 13.3. The van der Waals surface area contributed by atoms with Crippen LogP contribution in [0.4, 0.5) is 36.4 Å². The zero-order valence-corrected chi connectivity index (χ0v) is 9.46. The largest absolute Gasteiger partial charge is 0.428 e. The van der Waals surface area contributed by atoms with Gasteiger partial charge < -0.3 is 0 Å². The zero-order valence-electron chi connectivity index (χ0n) is 8.70. The van der Waals surface area contributed by atoms with Gasteiger partial charge in [0.05, 0.1) is 10.6 Å². The molecule has 0 saturated heterocycles. The second kappa shape index (κ2) is 5.24. The summed E-state index contributed by atoms with van der Waals surface area (Å²) in [5, 5.41) is 1.88. The number of nitrogens with zero attached hydrogens (tertiary/aromatic N) is 1. The quantitative estimate of drug-likeness (QED) is 0.487. The zero-order chi connectivity index (χ0) is 14.8. The second-order valence-electron chi connectivity index (χ2n) is 3.22. The molecule has 0 radical (unpaired) electrons. The second-order valence-corrected chi connectivity index (χ2v) is 3.63. The molecule has 19 heavy (non-hydrogen) atoms. The molecular weight excluding hydrogens is 305 g/mol. The van der Waals surface area contributed by atoms with Crippen LogP contribution in [0.2, 0.25) is 5.02 Å². The smallest absolute Gasteiger partial charge is 0.274 e. The third-order valence-electron chi connectivity index (χ3n) is 1.76. The van der Waals surface area contributed by atoms with Crippen LogP contribution in [0.5, 0.6) is 0 Å². The van der Waals surface area contributed by atoms with E-state index >= 15 is 0 Å². The standard InChI is InChI=1S/C9H4ClF7N2/c10-5-1-4(9(15,16)17)2-6(11)7(5)19-18-3-8(12,13)14/h1-3,19H. The van der Waals surface area contributed by atoms with E-state index in [1.54, 1.807) is 5.43 Å². The summed E-state index contributed by atoms with van der Waals surface area (Å²) in [7, 11) is 0. The molecule has 2 nitrogen and oxygen atoms in total. The number of nitrogens with one attached hydrogen (secondary N) is 1. The van der Waals surface area contributed by atoms with Gasteiger partial charge in [0.15, 0.2) is 0 Å². The number of halogens is 8. The Morgan fingerprint density at radius 1 is 1.11 bits per heavy atom. The van der Waals surface area contributed by atoms with Gasteiger partial charge in [-0.1, -0.05) is 11.6 Å². The minimum atomic E-state index is -4.82. The van der Waals surface area contributed by atoms with Crippen LogP contribution in [0.25, 0.3) is 0 Å². The van der Waals surface area contributed by atoms with Crippen LogP contribution in [-0.2, 0) is 6.18 Å². The van der Waals surface area contributed by atoms with E-state index in [0.717, 1.165) is 0 Å². The molecule has 0 unspecified atom stereocenters. The molecule has 0 aliphatic rings. The van der Waals surface area contributed by atoms with Crippen LogP contribution in [0.15, 0.2) is 17.2 Å². The van der Waals surface area contributed by atoms with Crippen molar-refractivity contribution in [1.82, 2.24) is 0 Å². The first-order valence-electron chi connectivity index (χ1n) is 4.44. The van der Waals surface area contributed by atoms with E-state index in [4.69, 9.17) is 11.6 Å². The summed E-state index contributed by atoms with van der Waals surface area (Å²) in [6.07, 6.45) is -10.1. The van der Waals surface area contributed by atoms with Gasteiger partial charge in [0.1, 0.15) is 17.7 Å². The molecule has 106 valence electrons. The van der Waals surface area contributed by atoms with Crippen LogP contribution in [0.3, 0.4) is 0 Å². The number of hydrogen-bond donors (Lipinski definition) is 1. The Hall–Kier alpha value is -1.51. The summed E-state index contributed by atoms with van der Waals surface area (Å²) in [6, 6.07) is 0.466. The third-order valence-corrected chi connectivity index (χ3v) is 2.05. The maximum atomic E-state index is 13.3. The molecule has 0 aliphatic carbocycles. The molecule has 0 aromatic heterocycles. The van der Waals surface area contributed by atoms with Gasteiger partial charge in [-0.15, -0.1) is 0 Å². The van der Waals surface area contributed by atoms with Crippen molar-refractivity contribution in [1.29, 1.82) is 0 Å². The number of rotatable bonds is 2. The number of benzene rings is 1. The Kier molecular flexibility index (Phi) is 4.28. The average Bonchev–Trinajstić information content (AvgIpc) is 2.18. The van der Waals surface area contributed by atoms with E-state index in [-0.39, 0.29) is 6.07 Å². The third kappa shape index (κ3) is 4.58. The predicted molar refractivity (Wildman–Crippen MR) is 54.6 cm³/mol. The minimum absolute atomic E-state index is 0.0946. The van der Waals surface area contributed by atoms with Gasteiger partial charge in [-0.3, -0.25) is 5.43 Å². The number of anilines is 1. The monoisotopic (exact) mass is 308 g/mol. The van der Waals surface area contributed by atoms with Crippen molar-refractivity contribution in [3.8, 4) is 0 Å². The van der Waals surface area contributed by atoms with Crippen molar-refractivity contribution in [2.45, 2.75) is 12.4 Å². The molecule has 10 heteroatoms. The fourth-order valence-electron chi connectivity index (χ4n) is 1.01. The molecule has 0 bridgehead atoms. The van der Waals surface area contributed by atoms with Gasteiger partial charge in [-0.05, 0) is 12.1 Å². The highest BCUT2D eigenvalue weighted by Crippen LogP contribution is 2.35. The van der Waals surface area contributed by atoms with Crippen LogP contribution in [0.1, 0.15) is 5.56 Å². The van der Waals surface area contributed by atoms with Gasteiger partial charge >= 0.3 is 12.4 Å². The molecule has 0 spiro atoms. The minimum Gasteiger partial charge on any atom is -0.274 e. The lowest BCUT2D eigenvalue weighted by Crippen LogP contribution is -2.11. The van der Waals surface area contributed by atoms with Gasteiger partial charge in [-0.25, -0.2) is 4.39 Å². The van der Waals surface area contributed by atoms with E-state index in [1.165, 1.54) is 0 Å². The highest BCUT2D eigenvalue weighted by atomic mass is 35.5. The van der Waals surface area contributed by atoms with Gasteiger partial charge in [0.25, 0.3) is 0 Å². The van der Waals surface area contributed by atoms with E-state index in [1.807, 2.05) is 0 Å². The van der Waals surface area contributed by atoms with Gasteiger partial charge in [-0.2, -0.15) is 31.4 Å². The van der Waals surface area contributed by atoms with Gasteiger partial charge in [0, 0.05) is 0 Å². The van der Waals surface area contributed by atoms with E-state index in [9.17, 15) is 30.7 Å². The molecule has 1 aromatic rings. The van der Waals surface area contributed by atoms with Crippen molar-refractivity contribution in [2.75, 3.05) is 5.43 Å². The van der Waals surface area contributed by atoms with Gasteiger partial charge in [0.2, 0.25) is 0 Å². The maximum Gasteiger partial charge on any atom is 0.428 e. The summed E-state index contributed by atoms with van der Waals surface area (Å²) >= 11 is 5.33. The Labute approximate surface area is 106 Å². The lowest BCUT2D eigenvalue weighted by Gasteiger charge is -2.10. The first-order valence-corrected chi connectivity index (χ1v) is 4.82. The summed E-state index contributed by atoms with van der Waals surface area (Å²) in [4.78, 5) is 0. The van der Waals surface area contributed by atoms with E-state index in [2.05, 4.69) is 5.10 Å². The number of alkyl halides is 6. The normalized spacial score (nSPS) is 13.1. The SMILES string of the molecule is Fc1cc(C(F)(F)F)cc(Cl)c1NN=CC(F)(F)F. The first-order chi connectivity index (χ1) is 8.50. The number of hydrazone groups is 1. The first kappa shape index (κ1) is 15.5. The number of hydrogen-bond acceptors (Lipinski definition) is 2. The van der Waals surface area contributed by atoms with Crippen molar-refractivity contribution < 1.29 is 30.7 Å². The van der Waals surface area contributed by atoms with Crippen LogP contribution in [0, 0.1) is 5.82 Å². The Morgan fingerprint density at radius 2 is 1.68 bits per heavy atom. The average molecular weight is 309 g/mol. The Morgan fingerprint density at radius 3 is 2.11 bits per heavy atom. The lowest BCUT2D eigenvalue weighted by atomic mass is 10.2. The fraction of sp³-hybridized carbons (Fsp3) is 0.222. The molecule has 1 N–H and O–H groups in total. The fourth-order valence-corrected chi connectivity index (χ4v) is 1.26. The highest BCUT2D eigenvalue weighted by molar-refractivity contribution is 6.33. The van der Waals surface area contributed by atoms with Crippen LogP contribution in [-0.4, -0.2) is 12.4 Å². The molecule has 0 saturated carbocycles.